The van der Waals surface area contributed by atoms with Gasteiger partial charge in [0.2, 0.25) is 0 Å². The van der Waals surface area contributed by atoms with Crippen molar-refractivity contribution < 1.29 is 19.4 Å². The monoisotopic (exact) mass is 390 g/mol. The van der Waals surface area contributed by atoms with Crippen LogP contribution in [0.4, 0.5) is 4.79 Å². The number of hydrogen-bond donors (Lipinski definition) is 2. The minimum Gasteiger partial charge on any atom is -0.491 e. The molecule has 2 atom stereocenters. The van der Waals surface area contributed by atoms with Crippen LogP contribution in [0.15, 0.2) is 48.5 Å². The number of hydrogen-bond acceptors (Lipinski definition) is 6. The molecule has 1 aliphatic heterocycles. The minimum absolute atomic E-state index is 0.128. The zero-order chi connectivity index (χ0) is 21.0. The number of imide groups is 1. The van der Waals surface area contributed by atoms with Gasteiger partial charge in [0.1, 0.15) is 24.0 Å². The summed E-state index contributed by atoms with van der Waals surface area (Å²) < 4.78 is 5.45. The first kappa shape index (κ1) is 19.9. The van der Waals surface area contributed by atoms with Crippen LogP contribution in [0.1, 0.15) is 23.6 Å². The molecule has 0 bridgehead atoms. The van der Waals surface area contributed by atoms with Gasteiger partial charge in [-0.2, -0.15) is 10.5 Å². The lowest BCUT2D eigenvalue weighted by Crippen LogP contribution is -2.42. The van der Waals surface area contributed by atoms with E-state index >= 15 is 0 Å². The molecule has 3 amide bonds. The first-order valence-electron chi connectivity index (χ1n) is 8.83. The summed E-state index contributed by atoms with van der Waals surface area (Å²) >= 11 is 0. The van der Waals surface area contributed by atoms with Crippen molar-refractivity contribution in [3.05, 3.63) is 65.2 Å². The summed E-state index contributed by atoms with van der Waals surface area (Å²) in [7, 11) is 0. The Balaban J connectivity index is 1.64. The molecule has 2 N–H and O–H groups in total. The number of benzene rings is 2. The fourth-order valence-corrected chi connectivity index (χ4v) is 3.02. The standard InChI is InChI=1S/C21H18N4O4/c1-21(16-6-2-14(10-22)3-7-16)19(27)25(20(28)24-21)12-17(26)13-29-18-8-4-15(11-23)5-9-18/h2-9,17,26H,12-13H2,1H3,(H,24,28). The predicted molar refractivity (Wildman–Crippen MR) is 101 cm³/mol. The molecule has 2 unspecified atom stereocenters. The molecule has 3 rings (SSSR count). The molecule has 2 aromatic rings. The molecule has 0 radical (unpaired) electrons. The van der Waals surface area contributed by atoms with E-state index in [1.807, 2.05) is 12.1 Å². The van der Waals surface area contributed by atoms with E-state index in [0.29, 0.717) is 22.4 Å². The summed E-state index contributed by atoms with van der Waals surface area (Å²) in [5, 5.41) is 30.6. The number of β-amino-alcohol motifs (C(OH)–C–C–N with tert-alkyl or cyclic N) is 1. The highest BCUT2D eigenvalue weighted by Gasteiger charge is 2.49. The van der Waals surface area contributed by atoms with Crippen LogP contribution in [0, 0.1) is 22.7 Å². The Bertz CT molecular complexity index is 1000. The number of carbonyl (C=O) groups excluding carboxylic acids is 2. The van der Waals surface area contributed by atoms with Gasteiger partial charge in [-0.25, -0.2) is 4.79 Å². The van der Waals surface area contributed by atoms with Gasteiger partial charge in [0.25, 0.3) is 5.91 Å². The molecule has 0 saturated carbocycles. The van der Waals surface area contributed by atoms with Gasteiger partial charge in [0.15, 0.2) is 0 Å². The number of nitrogens with zero attached hydrogens (tertiary/aromatic N) is 3. The molecule has 1 fully saturated rings. The smallest absolute Gasteiger partial charge is 0.325 e. The fraction of sp³-hybridized carbons (Fsp3) is 0.238. The third-order valence-corrected chi connectivity index (χ3v) is 4.69. The van der Waals surface area contributed by atoms with Crippen LogP contribution in [-0.2, 0) is 10.3 Å². The third-order valence-electron chi connectivity index (χ3n) is 4.69. The maximum Gasteiger partial charge on any atom is 0.325 e. The first-order valence-corrected chi connectivity index (χ1v) is 8.83. The van der Waals surface area contributed by atoms with Crippen molar-refractivity contribution in [2.24, 2.45) is 0 Å². The Morgan fingerprint density at radius 1 is 1.07 bits per heavy atom. The average molecular weight is 390 g/mol. The number of ether oxygens (including phenoxy) is 1. The maximum atomic E-state index is 12.9. The van der Waals surface area contributed by atoms with Crippen molar-refractivity contribution in [3.63, 3.8) is 0 Å². The van der Waals surface area contributed by atoms with Gasteiger partial charge in [-0.15, -0.1) is 0 Å². The highest BCUT2D eigenvalue weighted by Crippen LogP contribution is 2.29. The van der Waals surface area contributed by atoms with Gasteiger partial charge in [-0.05, 0) is 48.9 Å². The molecule has 29 heavy (non-hydrogen) atoms. The highest BCUT2D eigenvalue weighted by molar-refractivity contribution is 6.07. The van der Waals surface area contributed by atoms with E-state index in [0.717, 1.165) is 4.90 Å². The third kappa shape index (κ3) is 4.03. The Kier molecular flexibility index (Phi) is 5.49. The van der Waals surface area contributed by atoms with Crippen LogP contribution in [0.2, 0.25) is 0 Å². The molecule has 0 aliphatic carbocycles. The summed E-state index contributed by atoms with van der Waals surface area (Å²) in [5.41, 5.74) is 0.194. The van der Waals surface area contributed by atoms with Gasteiger partial charge in [0, 0.05) is 0 Å². The van der Waals surface area contributed by atoms with Gasteiger partial charge >= 0.3 is 6.03 Å². The van der Waals surface area contributed by atoms with Gasteiger partial charge in [0.05, 0.1) is 29.8 Å². The number of urea groups is 1. The van der Waals surface area contributed by atoms with Crippen LogP contribution >= 0.6 is 0 Å². The molecule has 0 spiro atoms. The fourth-order valence-electron chi connectivity index (χ4n) is 3.02. The SMILES string of the molecule is CC1(c2ccc(C#N)cc2)NC(=O)N(CC(O)COc2ccc(C#N)cc2)C1=O. The Morgan fingerprint density at radius 2 is 1.62 bits per heavy atom. The van der Waals surface area contributed by atoms with E-state index in [4.69, 9.17) is 15.3 Å². The molecule has 1 heterocycles. The van der Waals surface area contributed by atoms with Crippen molar-refractivity contribution in [2.45, 2.75) is 18.6 Å². The van der Waals surface area contributed by atoms with Crippen LogP contribution in [0.3, 0.4) is 0 Å². The summed E-state index contributed by atoms with van der Waals surface area (Å²) in [6, 6.07) is 16.1. The quantitative estimate of drug-likeness (QED) is 0.722. The Labute approximate surface area is 167 Å². The summed E-state index contributed by atoms with van der Waals surface area (Å²) in [6.45, 7) is 1.22. The van der Waals surface area contributed by atoms with Gasteiger partial charge in [-0.1, -0.05) is 12.1 Å². The van der Waals surface area contributed by atoms with Crippen molar-refractivity contribution in [3.8, 4) is 17.9 Å². The van der Waals surface area contributed by atoms with E-state index in [9.17, 15) is 14.7 Å². The second-order valence-corrected chi connectivity index (χ2v) is 6.76. The number of amides is 3. The first-order chi connectivity index (χ1) is 13.9. The van der Waals surface area contributed by atoms with Crippen molar-refractivity contribution in [1.29, 1.82) is 10.5 Å². The van der Waals surface area contributed by atoms with Crippen LogP contribution in [0.25, 0.3) is 0 Å². The lowest BCUT2D eigenvalue weighted by atomic mass is 9.91. The lowest BCUT2D eigenvalue weighted by molar-refractivity contribution is -0.132. The average Bonchev–Trinajstić information content (AvgIpc) is 2.96. The number of carbonyl (C=O) groups is 2. The van der Waals surface area contributed by atoms with Crippen molar-refractivity contribution in [1.82, 2.24) is 10.2 Å². The second kappa shape index (κ2) is 8.01. The zero-order valence-electron chi connectivity index (χ0n) is 15.6. The predicted octanol–water partition coefficient (Wildman–Crippen LogP) is 1.64. The van der Waals surface area contributed by atoms with E-state index < -0.39 is 23.6 Å². The molecule has 8 nitrogen and oxygen atoms in total. The number of nitrogens with one attached hydrogen (secondary N) is 1. The molecule has 8 heteroatoms. The molecule has 2 aromatic carbocycles. The summed E-state index contributed by atoms with van der Waals surface area (Å²) in [6.07, 6.45) is -1.09. The molecule has 146 valence electrons. The topological polar surface area (TPSA) is 126 Å². The Hall–Kier alpha value is -3.88. The second-order valence-electron chi connectivity index (χ2n) is 6.76. The van der Waals surface area contributed by atoms with Gasteiger partial charge in [-0.3, -0.25) is 9.69 Å². The zero-order valence-corrected chi connectivity index (χ0v) is 15.6. The van der Waals surface area contributed by atoms with Crippen molar-refractivity contribution >= 4 is 11.9 Å². The molecular formula is C21H18N4O4. The maximum absolute atomic E-state index is 12.9. The van der Waals surface area contributed by atoms with Crippen LogP contribution in [-0.4, -0.2) is 41.2 Å². The summed E-state index contributed by atoms with van der Waals surface area (Å²) in [5.74, 6) is -0.0349. The number of aliphatic hydroxyl groups excluding tert-OH is 1. The Morgan fingerprint density at radius 3 is 2.17 bits per heavy atom. The van der Waals surface area contributed by atoms with E-state index in [2.05, 4.69) is 5.32 Å². The molecule has 1 aliphatic rings. The van der Waals surface area contributed by atoms with Crippen molar-refractivity contribution in [2.75, 3.05) is 13.2 Å². The minimum atomic E-state index is -1.28. The molecule has 1 saturated heterocycles. The van der Waals surface area contributed by atoms with Crippen LogP contribution in [0.5, 0.6) is 5.75 Å². The van der Waals surface area contributed by atoms with Crippen LogP contribution < -0.4 is 10.1 Å². The highest BCUT2D eigenvalue weighted by atomic mass is 16.5. The number of rotatable bonds is 6. The van der Waals surface area contributed by atoms with E-state index in [-0.39, 0.29) is 13.2 Å². The largest absolute Gasteiger partial charge is 0.491 e. The van der Waals surface area contributed by atoms with Gasteiger partial charge < -0.3 is 15.2 Å². The molecule has 0 aromatic heterocycles. The lowest BCUT2D eigenvalue weighted by Gasteiger charge is -2.23. The van der Waals surface area contributed by atoms with E-state index in [1.54, 1.807) is 55.5 Å². The summed E-state index contributed by atoms with van der Waals surface area (Å²) in [4.78, 5) is 26.2. The molecular weight excluding hydrogens is 372 g/mol. The van der Waals surface area contributed by atoms with E-state index in [1.165, 1.54) is 0 Å². The normalized spacial score (nSPS) is 19.2. The number of aliphatic hydroxyl groups is 1. The number of nitriles is 2.